The summed E-state index contributed by atoms with van der Waals surface area (Å²) < 4.78 is 66.4. The van der Waals surface area contributed by atoms with Gasteiger partial charge in [0.25, 0.3) is 10.0 Å². The van der Waals surface area contributed by atoms with E-state index in [4.69, 9.17) is 11.6 Å². The number of amides is 1. The molecule has 0 spiro atoms. The Kier molecular flexibility index (Phi) is 4.40. The average molecular weight is 405 g/mol. The van der Waals surface area contributed by atoms with Crippen LogP contribution >= 0.6 is 11.6 Å². The molecule has 26 heavy (non-hydrogen) atoms. The second kappa shape index (κ2) is 6.17. The molecule has 1 amide bonds. The van der Waals surface area contributed by atoms with Crippen molar-refractivity contribution in [1.82, 2.24) is 0 Å². The molecule has 1 heterocycles. The predicted molar refractivity (Wildman–Crippen MR) is 90.8 cm³/mol. The molecule has 2 aromatic carbocycles. The first-order chi connectivity index (χ1) is 12.0. The molecule has 1 aliphatic heterocycles. The van der Waals surface area contributed by atoms with E-state index in [0.717, 1.165) is 12.1 Å². The normalized spacial score (nSPS) is 14.5. The van der Waals surface area contributed by atoms with Crippen LogP contribution in [0.1, 0.15) is 11.1 Å². The Balaban J connectivity index is 1.99. The van der Waals surface area contributed by atoms with E-state index in [9.17, 15) is 26.4 Å². The lowest BCUT2D eigenvalue weighted by Gasteiger charge is -2.16. The van der Waals surface area contributed by atoms with Crippen LogP contribution in [-0.4, -0.2) is 21.4 Å². The van der Waals surface area contributed by atoms with Gasteiger partial charge in [-0.3, -0.25) is 9.52 Å². The van der Waals surface area contributed by atoms with Gasteiger partial charge < -0.3 is 4.90 Å². The molecule has 0 aromatic heterocycles. The molecule has 5 nitrogen and oxygen atoms in total. The number of benzene rings is 2. The zero-order valence-corrected chi connectivity index (χ0v) is 14.8. The van der Waals surface area contributed by atoms with Crippen molar-refractivity contribution in [2.45, 2.75) is 17.5 Å². The summed E-state index contributed by atoms with van der Waals surface area (Å²) in [6, 6.07) is 6.72. The van der Waals surface area contributed by atoms with Crippen molar-refractivity contribution in [3.8, 4) is 0 Å². The molecule has 10 heteroatoms. The van der Waals surface area contributed by atoms with Gasteiger partial charge in [0.05, 0.1) is 22.6 Å². The van der Waals surface area contributed by atoms with E-state index in [1.807, 2.05) is 4.72 Å². The Hall–Kier alpha value is -2.26. The summed E-state index contributed by atoms with van der Waals surface area (Å²) in [6.45, 7) is 0. The van der Waals surface area contributed by atoms with Crippen molar-refractivity contribution < 1.29 is 26.4 Å². The number of carbonyl (C=O) groups is 1. The maximum absolute atomic E-state index is 13.1. The minimum atomic E-state index is -4.78. The molecule has 0 unspecified atom stereocenters. The van der Waals surface area contributed by atoms with E-state index in [1.54, 1.807) is 7.05 Å². The molecule has 0 saturated carbocycles. The van der Waals surface area contributed by atoms with Crippen LogP contribution in [-0.2, 0) is 27.4 Å². The number of halogens is 4. The minimum Gasteiger partial charge on any atom is -0.315 e. The molecular formula is C16H12ClF3N2O3S. The average Bonchev–Trinajstić information content (AvgIpc) is 2.82. The highest BCUT2D eigenvalue weighted by atomic mass is 35.5. The maximum Gasteiger partial charge on any atom is 0.418 e. The smallest absolute Gasteiger partial charge is 0.315 e. The van der Waals surface area contributed by atoms with Gasteiger partial charge in [0, 0.05) is 17.8 Å². The third kappa shape index (κ3) is 3.36. The van der Waals surface area contributed by atoms with Crippen molar-refractivity contribution in [3.63, 3.8) is 0 Å². The Bertz CT molecular complexity index is 1010. The SMILES string of the molecule is CN1C(=O)Cc2cc(S(=O)(=O)Nc3ccc(Cl)cc3C(F)(F)F)ccc21. The van der Waals surface area contributed by atoms with Crippen LogP contribution in [0.4, 0.5) is 24.5 Å². The maximum atomic E-state index is 13.1. The van der Waals surface area contributed by atoms with Gasteiger partial charge in [0.15, 0.2) is 0 Å². The minimum absolute atomic E-state index is 0.0317. The van der Waals surface area contributed by atoms with E-state index in [-0.39, 0.29) is 22.2 Å². The molecular weight excluding hydrogens is 393 g/mol. The topological polar surface area (TPSA) is 66.5 Å². The van der Waals surface area contributed by atoms with Crippen LogP contribution < -0.4 is 9.62 Å². The molecule has 0 bridgehead atoms. The molecule has 3 rings (SSSR count). The third-order valence-electron chi connectivity index (χ3n) is 3.97. The Labute approximate surface area is 152 Å². The van der Waals surface area contributed by atoms with Crippen LogP contribution in [0.15, 0.2) is 41.3 Å². The number of nitrogens with zero attached hydrogens (tertiary/aromatic N) is 1. The summed E-state index contributed by atoms with van der Waals surface area (Å²) in [5.41, 5.74) is -0.760. The molecule has 138 valence electrons. The van der Waals surface area contributed by atoms with Gasteiger partial charge in [-0.1, -0.05) is 11.6 Å². The summed E-state index contributed by atoms with van der Waals surface area (Å²) in [5.74, 6) is -0.195. The summed E-state index contributed by atoms with van der Waals surface area (Å²) in [6.07, 6.45) is -4.75. The number of hydrogen-bond donors (Lipinski definition) is 1. The Morgan fingerprint density at radius 2 is 1.85 bits per heavy atom. The molecule has 0 aliphatic carbocycles. The molecule has 2 aromatic rings. The Morgan fingerprint density at radius 3 is 2.50 bits per heavy atom. The van der Waals surface area contributed by atoms with Gasteiger partial charge in [-0.25, -0.2) is 8.42 Å². The quantitative estimate of drug-likeness (QED) is 0.848. The van der Waals surface area contributed by atoms with Gasteiger partial charge in [0.2, 0.25) is 5.91 Å². The fourth-order valence-electron chi connectivity index (χ4n) is 2.66. The van der Waals surface area contributed by atoms with Crippen LogP contribution in [0.2, 0.25) is 5.02 Å². The van der Waals surface area contributed by atoms with Gasteiger partial charge in [-0.15, -0.1) is 0 Å². The number of sulfonamides is 1. The van der Waals surface area contributed by atoms with E-state index in [2.05, 4.69) is 0 Å². The van der Waals surface area contributed by atoms with E-state index >= 15 is 0 Å². The molecule has 1 aliphatic rings. The lowest BCUT2D eigenvalue weighted by atomic mass is 10.2. The standard InChI is InChI=1S/C16H12ClF3N2O3S/c1-22-14-5-3-11(6-9(14)7-15(22)23)26(24,25)21-13-4-2-10(17)8-12(13)16(18,19)20/h2-6,8,21H,7H2,1H3. The first-order valence-electron chi connectivity index (χ1n) is 7.28. The number of nitrogens with one attached hydrogen (secondary N) is 1. The van der Waals surface area contributed by atoms with Crippen molar-refractivity contribution in [1.29, 1.82) is 0 Å². The van der Waals surface area contributed by atoms with Gasteiger partial charge in [-0.05, 0) is 42.0 Å². The predicted octanol–water partition coefficient (Wildman–Crippen LogP) is 3.68. The van der Waals surface area contributed by atoms with Crippen LogP contribution in [0.5, 0.6) is 0 Å². The van der Waals surface area contributed by atoms with Crippen molar-refractivity contribution in [2.24, 2.45) is 0 Å². The lowest BCUT2D eigenvalue weighted by molar-refractivity contribution is -0.136. The molecule has 0 atom stereocenters. The van der Waals surface area contributed by atoms with Crippen molar-refractivity contribution in [2.75, 3.05) is 16.7 Å². The van der Waals surface area contributed by atoms with E-state index in [1.165, 1.54) is 23.1 Å². The third-order valence-corrected chi connectivity index (χ3v) is 5.57. The molecule has 0 radical (unpaired) electrons. The number of hydrogen-bond acceptors (Lipinski definition) is 3. The van der Waals surface area contributed by atoms with E-state index in [0.29, 0.717) is 17.3 Å². The van der Waals surface area contributed by atoms with Crippen LogP contribution in [0, 0.1) is 0 Å². The number of carbonyl (C=O) groups excluding carboxylic acids is 1. The fraction of sp³-hybridized carbons (Fsp3) is 0.188. The zero-order chi connectivity index (χ0) is 19.3. The second-order valence-electron chi connectivity index (χ2n) is 5.71. The zero-order valence-electron chi connectivity index (χ0n) is 13.3. The lowest BCUT2D eigenvalue weighted by Crippen LogP contribution is -2.20. The largest absolute Gasteiger partial charge is 0.418 e. The number of likely N-dealkylation sites (N-methyl/N-ethyl adjacent to an activating group) is 1. The fourth-order valence-corrected chi connectivity index (χ4v) is 3.96. The summed E-state index contributed by atoms with van der Waals surface area (Å²) in [7, 11) is -2.73. The number of alkyl halides is 3. The number of fused-ring (bicyclic) bond motifs is 1. The summed E-state index contributed by atoms with van der Waals surface area (Å²) >= 11 is 5.59. The molecule has 0 fully saturated rings. The monoisotopic (exact) mass is 404 g/mol. The van der Waals surface area contributed by atoms with Gasteiger partial charge in [-0.2, -0.15) is 13.2 Å². The highest BCUT2D eigenvalue weighted by Gasteiger charge is 2.35. The first-order valence-corrected chi connectivity index (χ1v) is 9.14. The van der Waals surface area contributed by atoms with Crippen molar-refractivity contribution in [3.05, 3.63) is 52.5 Å². The van der Waals surface area contributed by atoms with Crippen LogP contribution in [0.25, 0.3) is 0 Å². The Morgan fingerprint density at radius 1 is 1.15 bits per heavy atom. The number of rotatable bonds is 3. The van der Waals surface area contributed by atoms with Gasteiger partial charge in [0.1, 0.15) is 0 Å². The highest BCUT2D eigenvalue weighted by molar-refractivity contribution is 7.92. The highest BCUT2D eigenvalue weighted by Crippen LogP contribution is 2.37. The van der Waals surface area contributed by atoms with Gasteiger partial charge >= 0.3 is 6.18 Å². The summed E-state index contributed by atoms with van der Waals surface area (Å²) in [4.78, 5) is 12.8. The van der Waals surface area contributed by atoms with Crippen molar-refractivity contribution >= 4 is 38.9 Å². The molecule has 1 N–H and O–H groups in total. The number of anilines is 2. The first kappa shape index (κ1) is 18.5. The van der Waals surface area contributed by atoms with Crippen LogP contribution in [0.3, 0.4) is 0 Å². The second-order valence-corrected chi connectivity index (χ2v) is 7.83. The summed E-state index contributed by atoms with van der Waals surface area (Å²) in [5, 5.41) is -0.167. The molecule has 0 saturated heterocycles. The van der Waals surface area contributed by atoms with E-state index < -0.39 is 27.5 Å².